The first-order chi connectivity index (χ1) is 13.8. The number of carbonyl (C=O) groups excluding carboxylic acids is 1. The zero-order valence-electron chi connectivity index (χ0n) is 16.5. The van der Waals surface area contributed by atoms with E-state index in [1.165, 1.54) is 49.4 Å². The monoisotopic (exact) mass is 433 g/mol. The number of benzene rings is 1. The molecule has 7 heteroatoms. The lowest BCUT2D eigenvalue weighted by atomic mass is 9.48. The molecule has 4 aliphatic carbocycles. The molecule has 154 valence electrons. The van der Waals surface area contributed by atoms with Gasteiger partial charge in [0, 0.05) is 11.1 Å². The summed E-state index contributed by atoms with van der Waals surface area (Å²) in [6, 6.07) is 3.23. The van der Waals surface area contributed by atoms with E-state index in [0.717, 1.165) is 17.8 Å². The molecule has 4 fully saturated rings. The second-order valence-electron chi connectivity index (χ2n) is 9.53. The maximum Gasteiger partial charge on any atom is 0.261 e. The highest BCUT2D eigenvalue weighted by atomic mass is 35.5. The minimum absolute atomic E-state index is 0.0530. The Hall–Kier alpha value is -1.59. The maximum absolute atomic E-state index is 12.8. The number of rotatable bonds is 4. The summed E-state index contributed by atoms with van der Waals surface area (Å²) in [6.07, 6.45) is 9.22. The lowest BCUT2D eigenvalue weighted by Crippen LogP contribution is -2.56. The predicted molar refractivity (Wildman–Crippen MR) is 114 cm³/mol. The number of amides is 1. The van der Waals surface area contributed by atoms with E-state index in [2.05, 4.69) is 17.2 Å². The quantitative estimate of drug-likeness (QED) is 0.775. The number of hydrogen-bond acceptors (Lipinski definition) is 3. The van der Waals surface area contributed by atoms with Crippen molar-refractivity contribution in [1.29, 1.82) is 0 Å². The molecule has 4 bridgehead atoms. The molecule has 1 amide bonds. The number of aromatic nitrogens is 2. The van der Waals surface area contributed by atoms with E-state index in [9.17, 15) is 9.59 Å². The number of carbonyl (C=O) groups is 1. The Morgan fingerprint density at radius 3 is 2.45 bits per heavy atom. The van der Waals surface area contributed by atoms with Crippen LogP contribution in [0.15, 0.2) is 23.3 Å². The average Bonchev–Trinajstić information content (AvgIpc) is 2.63. The zero-order valence-corrected chi connectivity index (χ0v) is 18.0. The van der Waals surface area contributed by atoms with Crippen LogP contribution in [0.2, 0.25) is 10.0 Å². The average molecular weight is 434 g/mol. The summed E-state index contributed by atoms with van der Waals surface area (Å²) < 4.78 is 1.33. The molecule has 0 aliphatic heterocycles. The van der Waals surface area contributed by atoms with Crippen molar-refractivity contribution in [3.63, 3.8) is 0 Å². The Kier molecular flexibility index (Phi) is 4.67. The zero-order chi connectivity index (χ0) is 20.3. The highest BCUT2D eigenvalue weighted by Crippen LogP contribution is 2.61. The van der Waals surface area contributed by atoms with Gasteiger partial charge >= 0.3 is 0 Å². The van der Waals surface area contributed by atoms with E-state index >= 15 is 0 Å². The summed E-state index contributed by atoms with van der Waals surface area (Å²) in [6.45, 7) is 2.09. The standard InChI is InChI=1S/C22H25Cl2N3O2/c1-12(22-7-13-2-14(8-22)4-15(3-13)9-22)26-19(28)10-27-11-25-20-17(21(27)29)5-16(23)6-18(20)24/h5-6,11-15H,2-4,7-10H2,1H3,(H,26,28). The van der Waals surface area contributed by atoms with Gasteiger partial charge in [0.25, 0.3) is 5.56 Å². The van der Waals surface area contributed by atoms with Crippen molar-refractivity contribution in [3.8, 4) is 0 Å². The van der Waals surface area contributed by atoms with E-state index in [4.69, 9.17) is 23.2 Å². The van der Waals surface area contributed by atoms with Crippen molar-refractivity contribution >= 4 is 40.0 Å². The Bertz CT molecular complexity index is 1010. The molecule has 2 aromatic rings. The fourth-order valence-electron chi connectivity index (χ4n) is 6.61. The van der Waals surface area contributed by atoms with Crippen LogP contribution in [0.5, 0.6) is 0 Å². The fourth-order valence-corrected chi connectivity index (χ4v) is 7.15. The van der Waals surface area contributed by atoms with Gasteiger partial charge in [-0.3, -0.25) is 14.2 Å². The largest absolute Gasteiger partial charge is 0.352 e. The second-order valence-corrected chi connectivity index (χ2v) is 10.4. The van der Waals surface area contributed by atoms with Gasteiger partial charge in [-0.1, -0.05) is 23.2 Å². The van der Waals surface area contributed by atoms with Gasteiger partial charge in [0.05, 0.1) is 22.3 Å². The van der Waals surface area contributed by atoms with E-state index in [0.29, 0.717) is 20.9 Å². The third kappa shape index (κ3) is 3.36. The van der Waals surface area contributed by atoms with Crippen molar-refractivity contribution in [2.75, 3.05) is 0 Å². The van der Waals surface area contributed by atoms with Crippen LogP contribution in [-0.2, 0) is 11.3 Å². The summed E-state index contributed by atoms with van der Waals surface area (Å²) in [5.74, 6) is 2.36. The van der Waals surface area contributed by atoms with Crippen LogP contribution in [0.3, 0.4) is 0 Å². The Morgan fingerprint density at radius 1 is 1.21 bits per heavy atom. The van der Waals surface area contributed by atoms with E-state index < -0.39 is 0 Å². The third-order valence-corrected chi connectivity index (χ3v) is 8.05. The summed E-state index contributed by atoms with van der Waals surface area (Å²) in [4.78, 5) is 29.9. The van der Waals surface area contributed by atoms with Crippen LogP contribution in [0.1, 0.15) is 45.4 Å². The first-order valence-electron chi connectivity index (χ1n) is 10.5. The van der Waals surface area contributed by atoms with Crippen molar-refractivity contribution in [2.45, 2.75) is 58.0 Å². The molecular formula is C22H25Cl2N3O2. The minimum Gasteiger partial charge on any atom is -0.352 e. The van der Waals surface area contributed by atoms with Gasteiger partial charge in [-0.25, -0.2) is 4.98 Å². The summed E-state index contributed by atoms with van der Waals surface area (Å²) in [7, 11) is 0. The number of nitrogens with one attached hydrogen (secondary N) is 1. The Morgan fingerprint density at radius 2 is 1.83 bits per heavy atom. The van der Waals surface area contributed by atoms with Gasteiger partial charge in [-0.05, 0) is 80.8 Å². The first-order valence-corrected chi connectivity index (χ1v) is 11.2. The van der Waals surface area contributed by atoms with Crippen LogP contribution in [0.25, 0.3) is 10.9 Å². The number of halogens is 2. The maximum atomic E-state index is 12.8. The topological polar surface area (TPSA) is 64.0 Å². The second kappa shape index (κ2) is 6.98. The van der Waals surface area contributed by atoms with Gasteiger partial charge < -0.3 is 5.32 Å². The van der Waals surface area contributed by atoms with Crippen molar-refractivity contribution in [1.82, 2.24) is 14.9 Å². The van der Waals surface area contributed by atoms with E-state index in [1.807, 2.05) is 0 Å². The molecule has 1 unspecified atom stereocenters. The van der Waals surface area contributed by atoms with Crippen molar-refractivity contribution in [3.05, 3.63) is 38.9 Å². The molecule has 1 N–H and O–H groups in total. The number of nitrogens with zero attached hydrogens (tertiary/aromatic N) is 2. The minimum atomic E-state index is -0.308. The predicted octanol–water partition coefficient (Wildman–Crippen LogP) is 4.42. The molecule has 0 spiro atoms. The molecule has 4 aliphatic rings. The van der Waals surface area contributed by atoms with Crippen LogP contribution in [0.4, 0.5) is 0 Å². The van der Waals surface area contributed by atoms with Crippen LogP contribution in [-0.4, -0.2) is 21.5 Å². The molecule has 1 heterocycles. The lowest BCUT2D eigenvalue weighted by molar-refractivity contribution is -0.126. The van der Waals surface area contributed by atoms with Crippen molar-refractivity contribution in [2.24, 2.45) is 23.2 Å². The molecule has 0 saturated heterocycles. The smallest absolute Gasteiger partial charge is 0.261 e. The van der Waals surface area contributed by atoms with E-state index in [-0.39, 0.29) is 29.5 Å². The SMILES string of the molecule is CC(NC(=O)Cn1cnc2c(Cl)cc(Cl)cc2c1=O)C12CC3CC(CC(C3)C1)C2. The Labute approximate surface area is 179 Å². The summed E-state index contributed by atoms with van der Waals surface area (Å²) in [5.41, 5.74) is 0.328. The van der Waals surface area contributed by atoms with E-state index in [1.54, 1.807) is 12.1 Å². The summed E-state index contributed by atoms with van der Waals surface area (Å²) >= 11 is 12.2. The molecule has 4 saturated carbocycles. The molecule has 6 rings (SSSR count). The lowest BCUT2D eigenvalue weighted by Gasteiger charge is -2.59. The van der Waals surface area contributed by atoms with Gasteiger partial charge in [-0.15, -0.1) is 0 Å². The number of fused-ring (bicyclic) bond motifs is 1. The third-order valence-electron chi connectivity index (χ3n) is 7.54. The molecule has 5 nitrogen and oxygen atoms in total. The van der Waals surface area contributed by atoms with Gasteiger partial charge in [-0.2, -0.15) is 0 Å². The summed E-state index contributed by atoms with van der Waals surface area (Å²) in [5, 5.41) is 4.24. The number of hydrogen-bond donors (Lipinski definition) is 1. The molecular weight excluding hydrogens is 409 g/mol. The normalized spacial score (nSPS) is 31.2. The van der Waals surface area contributed by atoms with Gasteiger partial charge in [0.2, 0.25) is 5.91 Å². The highest BCUT2D eigenvalue weighted by molar-refractivity contribution is 6.38. The molecule has 1 aromatic carbocycles. The molecule has 1 aromatic heterocycles. The first kappa shape index (κ1) is 19.4. The molecule has 1 atom stereocenters. The van der Waals surface area contributed by atoms with Gasteiger partial charge in [0.1, 0.15) is 6.54 Å². The van der Waals surface area contributed by atoms with Crippen LogP contribution < -0.4 is 10.9 Å². The van der Waals surface area contributed by atoms with Crippen LogP contribution in [0, 0.1) is 23.2 Å². The fraction of sp³-hybridized carbons (Fsp3) is 0.591. The molecule has 0 radical (unpaired) electrons. The molecule has 29 heavy (non-hydrogen) atoms. The van der Waals surface area contributed by atoms with Crippen LogP contribution >= 0.6 is 23.2 Å². The Balaban J connectivity index is 1.33. The van der Waals surface area contributed by atoms with Gasteiger partial charge in [0.15, 0.2) is 0 Å². The van der Waals surface area contributed by atoms with Crippen molar-refractivity contribution < 1.29 is 4.79 Å². The highest BCUT2D eigenvalue weighted by Gasteiger charge is 2.53.